The number of carbonyl (C=O) groups excluding carboxylic acids is 2. The molecule has 0 aliphatic carbocycles. The number of hydrogen-bond donors (Lipinski definition) is 0. The van der Waals surface area contributed by atoms with Crippen LogP contribution in [0.25, 0.3) is 11.0 Å². The third-order valence-electron chi connectivity index (χ3n) is 6.10. The number of carbonyl (C=O) groups is 2. The van der Waals surface area contributed by atoms with Crippen LogP contribution in [0.1, 0.15) is 11.1 Å². The van der Waals surface area contributed by atoms with Crippen LogP contribution in [0.15, 0.2) is 94.3 Å². The van der Waals surface area contributed by atoms with E-state index in [9.17, 15) is 18.8 Å². The Morgan fingerprint density at radius 3 is 2.33 bits per heavy atom. The molecule has 0 saturated heterocycles. The third-order valence-corrected chi connectivity index (χ3v) is 6.10. The van der Waals surface area contributed by atoms with Gasteiger partial charge in [0.25, 0.3) is 5.91 Å². The van der Waals surface area contributed by atoms with Gasteiger partial charge < -0.3 is 23.7 Å². The van der Waals surface area contributed by atoms with Crippen molar-refractivity contribution in [3.8, 4) is 5.75 Å². The number of methoxy groups -OCH3 is 1. The minimum Gasteiger partial charge on any atom is -0.484 e. The van der Waals surface area contributed by atoms with Crippen molar-refractivity contribution in [3.63, 3.8) is 0 Å². The zero-order valence-electron chi connectivity index (χ0n) is 21.5. The second-order valence-electron chi connectivity index (χ2n) is 8.87. The first-order chi connectivity index (χ1) is 18.9. The number of rotatable bonds is 12. The van der Waals surface area contributed by atoms with Gasteiger partial charge in [-0.2, -0.15) is 0 Å². The van der Waals surface area contributed by atoms with Crippen molar-refractivity contribution < 1.29 is 27.9 Å². The van der Waals surface area contributed by atoms with E-state index >= 15 is 0 Å². The highest BCUT2D eigenvalue weighted by atomic mass is 19.1. The topological polar surface area (TPSA) is 89.3 Å². The number of benzene rings is 3. The van der Waals surface area contributed by atoms with Gasteiger partial charge in [-0.1, -0.05) is 42.5 Å². The van der Waals surface area contributed by atoms with Gasteiger partial charge in [-0.3, -0.25) is 14.4 Å². The van der Waals surface area contributed by atoms with Crippen molar-refractivity contribution in [3.05, 3.63) is 112 Å². The summed E-state index contributed by atoms with van der Waals surface area (Å²) in [5.74, 6) is -0.668. The number of nitrogens with zero attached hydrogens (tertiary/aromatic N) is 2. The minimum atomic E-state index is -0.406. The van der Waals surface area contributed by atoms with Crippen LogP contribution in [0, 0.1) is 5.82 Å². The van der Waals surface area contributed by atoms with Crippen LogP contribution in [-0.4, -0.2) is 55.0 Å². The summed E-state index contributed by atoms with van der Waals surface area (Å²) in [4.78, 5) is 42.5. The van der Waals surface area contributed by atoms with E-state index in [1.807, 2.05) is 6.07 Å². The molecule has 0 fully saturated rings. The normalized spacial score (nSPS) is 10.8. The Kier molecular flexibility index (Phi) is 9.42. The van der Waals surface area contributed by atoms with Crippen molar-refractivity contribution >= 4 is 22.8 Å². The van der Waals surface area contributed by atoms with Crippen molar-refractivity contribution in [2.24, 2.45) is 0 Å². The smallest absolute Gasteiger partial charge is 0.261 e. The van der Waals surface area contributed by atoms with E-state index in [1.54, 1.807) is 60.7 Å². The van der Waals surface area contributed by atoms with E-state index < -0.39 is 17.6 Å². The zero-order valence-corrected chi connectivity index (χ0v) is 21.5. The molecule has 3 aromatic carbocycles. The van der Waals surface area contributed by atoms with E-state index in [0.717, 1.165) is 0 Å². The molecule has 0 saturated carbocycles. The van der Waals surface area contributed by atoms with Crippen LogP contribution in [0.4, 0.5) is 4.39 Å². The summed E-state index contributed by atoms with van der Waals surface area (Å²) in [6.07, 6.45) is 1.34. The molecule has 4 rings (SSSR count). The molecule has 0 aliphatic rings. The Morgan fingerprint density at radius 2 is 1.59 bits per heavy atom. The Balaban J connectivity index is 1.55. The summed E-state index contributed by atoms with van der Waals surface area (Å²) in [5, 5.41) is 0.402. The second kappa shape index (κ2) is 13.3. The summed E-state index contributed by atoms with van der Waals surface area (Å²) in [5.41, 5.74) is 1.14. The lowest BCUT2D eigenvalue weighted by Gasteiger charge is -2.27. The fourth-order valence-electron chi connectivity index (χ4n) is 3.99. The van der Waals surface area contributed by atoms with E-state index in [4.69, 9.17) is 13.9 Å². The van der Waals surface area contributed by atoms with Crippen LogP contribution in [0.3, 0.4) is 0 Å². The molecule has 0 bridgehead atoms. The summed E-state index contributed by atoms with van der Waals surface area (Å²) >= 11 is 0. The number of para-hydroxylation sites is 2. The summed E-state index contributed by atoms with van der Waals surface area (Å²) in [6, 6.07) is 21.5. The molecule has 0 unspecified atom stereocenters. The van der Waals surface area contributed by atoms with Crippen LogP contribution in [-0.2, 0) is 27.4 Å². The molecular weight excluding hydrogens is 503 g/mol. The van der Waals surface area contributed by atoms with E-state index in [0.29, 0.717) is 22.3 Å². The average Bonchev–Trinajstić information content (AvgIpc) is 2.96. The molecule has 8 nitrogen and oxygen atoms in total. The third kappa shape index (κ3) is 7.52. The quantitative estimate of drug-likeness (QED) is 0.274. The summed E-state index contributed by atoms with van der Waals surface area (Å²) < 4.78 is 29.9. The molecule has 202 valence electrons. The molecule has 4 aromatic rings. The van der Waals surface area contributed by atoms with Crippen LogP contribution < -0.4 is 10.2 Å². The minimum absolute atomic E-state index is 0.0593. The van der Waals surface area contributed by atoms with Crippen LogP contribution in [0.5, 0.6) is 5.75 Å². The van der Waals surface area contributed by atoms with Gasteiger partial charge in [0.05, 0.1) is 36.9 Å². The highest BCUT2D eigenvalue weighted by molar-refractivity contribution is 5.85. The van der Waals surface area contributed by atoms with Gasteiger partial charge in [0.1, 0.15) is 17.1 Å². The molecule has 9 heteroatoms. The van der Waals surface area contributed by atoms with Crippen LogP contribution >= 0.6 is 0 Å². The fourth-order valence-corrected chi connectivity index (χ4v) is 3.99. The molecule has 1 heterocycles. The second-order valence-corrected chi connectivity index (χ2v) is 8.87. The highest BCUT2D eigenvalue weighted by Crippen LogP contribution is 2.15. The monoisotopic (exact) mass is 532 g/mol. The number of amides is 2. The lowest BCUT2D eigenvalue weighted by atomic mass is 10.1. The van der Waals surface area contributed by atoms with Crippen molar-refractivity contribution in [1.82, 2.24) is 9.80 Å². The fraction of sp³-hybridized carbons (Fsp3) is 0.233. The van der Waals surface area contributed by atoms with Gasteiger partial charge in [0.15, 0.2) is 12.0 Å². The molecule has 0 spiro atoms. The zero-order chi connectivity index (χ0) is 27.6. The lowest BCUT2D eigenvalue weighted by molar-refractivity contribution is -0.142. The molecule has 0 N–H and O–H groups in total. The lowest BCUT2D eigenvalue weighted by Crippen LogP contribution is -2.45. The highest BCUT2D eigenvalue weighted by Gasteiger charge is 2.23. The van der Waals surface area contributed by atoms with E-state index in [-0.39, 0.29) is 50.4 Å². The maximum atomic E-state index is 13.6. The van der Waals surface area contributed by atoms with Crippen molar-refractivity contribution in [1.29, 1.82) is 0 Å². The maximum Gasteiger partial charge on any atom is 0.261 e. The van der Waals surface area contributed by atoms with Gasteiger partial charge >= 0.3 is 0 Å². The van der Waals surface area contributed by atoms with Crippen molar-refractivity contribution in [2.75, 3.05) is 33.4 Å². The molecule has 0 aliphatic heterocycles. The Labute approximate surface area is 225 Å². The maximum absolute atomic E-state index is 13.6. The molecule has 0 atom stereocenters. The first-order valence-corrected chi connectivity index (χ1v) is 12.4. The Morgan fingerprint density at radius 1 is 0.872 bits per heavy atom. The number of fused-ring (bicyclic) bond motifs is 1. The molecular formula is C30H29FN2O6. The Bertz CT molecular complexity index is 1460. The predicted octanol–water partition coefficient (Wildman–Crippen LogP) is 4.01. The Hall–Kier alpha value is -4.50. The average molecular weight is 533 g/mol. The van der Waals surface area contributed by atoms with Gasteiger partial charge in [-0.05, 0) is 42.0 Å². The van der Waals surface area contributed by atoms with E-state index in [1.165, 1.54) is 35.3 Å². The number of hydrogen-bond acceptors (Lipinski definition) is 6. The molecule has 2 amide bonds. The molecule has 39 heavy (non-hydrogen) atoms. The molecule has 1 aromatic heterocycles. The van der Waals surface area contributed by atoms with E-state index in [2.05, 4.69) is 0 Å². The van der Waals surface area contributed by atoms with Crippen molar-refractivity contribution in [2.45, 2.75) is 13.1 Å². The first kappa shape index (κ1) is 27.5. The first-order valence-electron chi connectivity index (χ1n) is 12.4. The van der Waals surface area contributed by atoms with Gasteiger partial charge in [0.2, 0.25) is 5.91 Å². The van der Waals surface area contributed by atoms with Gasteiger partial charge in [-0.25, -0.2) is 4.39 Å². The van der Waals surface area contributed by atoms with Gasteiger partial charge in [0, 0.05) is 20.2 Å². The number of halogens is 1. The predicted molar refractivity (Wildman–Crippen MR) is 144 cm³/mol. The van der Waals surface area contributed by atoms with Gasteiger partial charge in [-0.15, -0.1) is 0 Å². The standard InChI is InChI=1S/C30H29FN2O6/c1-37-16-15-32(29(35)21-38-25-7-3-2-4-8-25)19-28(34)33(17-22-11-13-24(31)14-12-22)18-23-20-39-27-10-6-5-9-26(27)30(23)36/h2-14,20H,15-19,21H2,1H3. The SMILES string of the molecule is COCCN(CC(=O)N(Cc1ccc(F)cc1)Cc1coc2ccccc2c1=O)C(=O)COc1ccccc1. The largest absolute Gasteiger partial charge is 0.484 e. The summed E-state index contributed by atoms with van der Waals surface area (Å²) in [7, 11) is 1.50. The van der Waals surface area contributed by atoms with Crippen LogP contribution in [0.2, 0.25) is 0 Å². The summed E-state index contributed by atoms with van der Waals surface area (Å²) in [6.45, 7) is -0.0968. The number of ether oxygens (including phenoxy) is 2. The molecule has 0 radical (unpaired) electrons.